The molecule has 13 heavy (non-hydrogen) atoms. The highest BCUT2D eigenvalue weighted by molar-refractivity contribution is 8.83. The van der Waals surface area contributed by atoms with Crippen LogP contribution in [0.1, 0.15) is 0 Å². The molecule has 0 radical (unpaired) electrons. The van der Waals surface area contributed by atoms with Crippen LogP contribution in [-0.4, -0.2) is 0 Å². The molecule has 3 rings (SSSR count). The minimum atomic E-state index is 0.464. The Balaban J connectivity index is 1.87. The molecular weight excluding hydrogens is 254 g/mol. The molecular formula is C7H7NP4S. The van der Waals surface area contributed by atoms with E-state index in [1.54, 1.807) is 7.87 Å². The van der Waals surface area contributed by atoms with E-state index in [4.69, 9.17) is 0 Å². The topological polar surface area (TPSA) is 12.0 Å². The van der Waals surface area contributed by atoms with Crippen LogP contribution in [0.25, 0.3) is 0 Å². The monoisotopic (exact) mass is 261 g/mol. The number of hydrogen-bond acceptors (Lipinski definition) is 2. The van der Waals surface area contributed by atoms with E-state index in [0.717, 1.165) is 0 Å². The van der Waals surface area contributed by atoms with Gasteiger partial charge in [0.2, 0.25) is 0 Å². The van der Waals surface area contributed by atoms with Gasteiger partial charge in [-0.05, 0) is 18.5 Å². The van der Waals surface area contributed by atoms with Crippen molar-refractivity contribution in [3.05, 3.63) is 30.3 Å². The van der Waals surface area contributed by atoms with Gasteiger partial charge in [0.1, 0.15) is 4.73 Å². The Morgan fingerprint density at radius 1 is 1.31 bits per heavy atom. The maximum absolute atomic E-state index is 3.51. The van der Waals surface area contributed by atoms with Crippen LogP contribution < -0.4 is 5.32 Å². The molecule has 0 amide bonds. The molecule has 3 unspecified atom stereocenters. The van der Waals surface area contributed by atoms with E-state index in [9.17, 15) is 0 Å². The van der Waals surface area contributed by atoms with Crippen LogP contribution >= 0.6 is 38.6 Å². The third-order valence-corrected chi connectivity index (χ3v) is 28.7. The van der Waals surface area contributed by atoms with Crippen molar-refractivity contribution in [1.82, 2.24) is 0 Å². The highest BCUT2D eigenvalue weighted by atomic mass is 33.0. The van der Waals surface area contributed by atoms with Crippen molar-refractivity contribution in [2.75, 3.05) is 5.32 Å². The predicted molar refractivity (Wildman–Crippen MR) is 69.9 cm³/mol. The van der Waals surface area contributed by atoms with Gasteiger partial charge in [-0.1, -0.05) is 36.7 Å². The van der Waals surface area contributed by atoms with E-state index in [1.165, 1.54) is 18.0 Å². The van der Waals surface area contributed by atoms with Crippen molar-refractivity contribution >= 4 is 49.0 Å². The summed E-state index contributed by atoms with van der Waals surface area (Å²) < 4.78 is 1.50. The molecule has 1 aromatic carbocycles. The van der Waals surface area contributed by atoms with Crippen LogP contribution in [0.3, 0.4) is 0 Å². The number of hydrogen-bond donors (Lipinski definition) is 1. The quantitative estimate of drug-likeness (QED) is 0.612. The third kappa shape index (κ3) is 1.89. The van der Waals surface area contributed by atoms with E-state index in [2.05, 4.69) is 46.6 Å². The zero-order chi connectivity index (χ0) is 8.67. The molecule has 6 heteroatoms. The van der Waals surface area contributed by atoms with E-state index in [0.29, 0.717) is 12.2 Å². The van der Waals surface area contributed by atoms with E-state index in [1.807, 2.05) is 0 Å². The summed E-state index contributed by atoms with van der Waals surface area (Å²) in [5.41, 5.74) is 1.24. The molecule has 0 spiro atoms. The molecule has 3 aromatic rings. The SMILES string of the molecule is c1ccc(Nc2pp3[pH]p3s2)cc1. The molecule has 0 bridgehead atoms. The van der Waals surface area contributed by atoms with Gasteiger partial charge in [0.25, 0.3) is 0 Å². The van der Waals surface area contributed by atoms with Gasteiger partial charge in [-0.25, -0.2) is 0 Å². The van der Waals surface area contributed by atoms with Crippen molar-refractivity contribution in [2.45, 2.75) is 0 Å². The molecule has 1 nitrogen and oxygen atoms in total. The van der Waals surface area contributed by atoms with Gasteiger partial charge in [0.15, 0.2) is 0 Å². The lowest BCUT2D eigenvalue weighted by Crippen LogP contribution is -1.82. The molecule has 1 N–H and O–H groups in total. The molecule has 0 aliphatic carbocycles. The molecule has 0 saturated heterocycles. The smallest absolute Gasteiger partial charge is 0.130 e. The minimum absolute atomic E-state index is 0.464. The van der Waals surface area contributed by atoms with Crippen LogP contribution in [-0.2, 0) is 0 Å². The summed E-state index contributed by atoms with van der Waals surface area (Å²) in [6.45, 7) is 0. The van der Waals surface area contributed by atoms with Crippen molar-refractivity contribution in [3.63, 3.8) is 0 Å². The van der Waals surface area contributed by atoms with Crippen molar-refractivity contribution in [3.8, 4) is 0 Å². The molecule has 0 saturated carbocycles. The molecule has 0 fully saturated rings. The zero-order valence-corrected chi connectivity index (χ0v) is 11.1. The van der Waals surface area contributed by atoms with Gasteiger partial charge >= 0.3 is 0 Å². The first kappa shape index (κ1) is 8.60. The largest absolute Gasteiger partial charge is 0.343 e. The summed E-state index contributed by atoms with van der Waals surface area (Å²) in [7, 11) is 5.11. The molecule has 2 aromatic heterocycles. The standard InChI is InChI=1S/C7H7NP4S/c1-2-4-6(5-3-1)8-7-9-11-10-12(11)13-7/h1-5,8,10H. The van der Waals surface area contributed by atoms with E-state index >= 15 is 0 Å². The highest BCUT2D eigenvalue weighted by Gasteiger charge is 2.07. The predicted octanol–water partition coefficient (Wildman–Crippen LogP) is 5.83. The second-order valence-electron chi connectivity index (χ2n) is 2.65. The van der Waals surface area contributed by atoms with Crippen LogP contribution in [0, 0.1) is 0 Å². The van der Waals surface area contributed by atoms with E-state index in [-0.39, 0.29) is 0 Å². The first-order chi connectivity index (χ1) is 6.42. The van der Waals surface area contributed by atoms with Gasteiger partial charge in [-0.15, -0.1) is 0 Å². The second kappa shape index (κ2) is 3.47. The average molecular weight is 261 g/mol. The Kier molecular flexibility index (Phi) is 2.30. The number of para-hydroxylation sites is 1. The summed E-state index contributed by atoms with van der Waals surface area (Å²) in [6, 6.07) is 10.5. The molecule has 0 aliphatic rings. The van der Waals surface area contributed by atoms with Crippen LogP contribution in [0.2, 0.25) is 0 Å². The number of anilines is 2. The fourth-order valence-corrected chi connectivity index (χ4v) is 35.1. The van der Waals surface area contributed by atoms with Crippen molar-refractivity contribution < 1.29 is 0 Å². The summed E-state index contributed by atoms with van der Waals surface area (Å²) in [6.07, 6.45) is 0.494. The zero-order valence-electron chi connectivity index (χ0n) is 6.64. The van der Waals surface area contributed by atoms with Gasteiger partial charge in [0, 0.05) is 19.4 Å². The normalized spacial score (nSPS) is 15.1. The maximum atomic E-state index is 3.51. The summed E-state index contributed by atoms with van der Waals surface area (Å²) in [5.74, 6) is 0.464. The first-order valence-electron chi connectivity index (χ1n) is 3.87. The van der Waals surface area contributed by atoms with Gasteiger partial charge in [-0.2, -0.15) is 0 Å². The Labute approximate surface area is 84.7 Å². The lowest BCUT2D eigenvalue weighted by atomic mass is 10.3. The summed E-state index contributed by atoms with van der Waals surface area (Å²) in [5, 5.41) is 3.51. The average Bonchev–Trinajstić information content (AvgIpc) is 2.76. The Morgan fingerprint density at radius 2 is 2.15 bits per heavy atom. The third-order valence-electron chi connectivity index (χ3n) is 1.69. The lowest BCUT2D eigenvalue weighted by Gasteiger charge is -2.00. The van der Waals surface area contributed by atoms with Gasteiger partial charge in [0.05, 0.1) is 0 Å². The minimum Gasteiger partial charge on any atom is -0.343 e. The number of nitrogens with one attached hydrogen (secondary N) is 1. The Bertz CT molecular complexity index is 479. The van der Waals surface area contributed by atoms with Crippen molar-refractivity contribution in [2.24, 2.45) is 0 Å². The fourth-order valence-electron chi connectivity index (χ4n) is 1.06. The number of fused-ring (bicyclic) bond motifs is 1. The van der Waals surface area contributed by atoms with Crippen molar-refractivity contribution in [1.29, 1.82) is 0 Å². The highest BCUT2D eigenvalue weighted by Crippen LogP contribution is 2.83. The Morgan fingerprint density at radius 3 is 2.85 bits per heavy atom. The maximum Gasteiger partial charge on any atom is 0.130 e. The number of benzene rings is 1. The molecule has 3 atom stereocenters. The van der Waals surface area contributed by atoms with Gasteiger partial charge < -0.3 is 5.32 Å². The number of rotatable bonds is 2. The van der Waals surface area contributed by atoms with Gasteiger partial charge in [-0.3, -0.25) is 0 Å². The first-order valence-corrected chi connectivity index (χ1v) is 13.0. The summed E-state index contributed by atoms with van der Waals surface area (Å²) in [4.78, 5) is 0. The molecule has 0 aliphatic heterocycles. The summed E-state index contributed by atoms with van der Waals surface area (Å²) >= 11 is 0. The lowest BCUT2D eigenvalue weighted by molar-refractivity contribution is 1.64. The second-order valence-corrected chi connectivity index (χ2v) is 22.6. The van der Waals surface area contributed by atoms with Crippen LogP contribution in [0.4, 0.5) is 10.4 Å². The van der Waals surface area contributed by atoms with E-state index < -0.39 is 0 Å². The fraction of sp³-hybridized carbons (Fsp3) is 0. The molecule has 66 valence electrons. The Hall–Kier alpha value is 0.310. The van der Waals surface area contributed by atoms with Crippen LogP contribution in [0.15, 0.2) is 30.3 Å². The molecule has 2 heterocycles. The van der Waals surface area contributed by atoms with Crippen LogP contribution in [0.5, 0.6) is 0 Å².